The van der Waals surface area contributed by atoms with E-state index in [1.165, 1.54) is 0 Å². The highest BCUT2D eigenvalue weighted by Gasteiger charge is 2.09. The lowest BCUT2D eigenvalue weighted by atomic mass is 10.1. The van der Waals surface area contributed by atoms with Crippen LogP contribution in [0.3, 0.4) is 0 Å². The van der Waals surface area contributed by atoms with E-state index >= 15 is 0 Å². The number of hydrogen-bond acceptors (Lipinski definition) is 3. The van der Waals surface area contributed by atoms with E-state index in [0.717, 1.165) is 6.54 Å². The standard InChI is InChI=1S/C8H19N3O/c1-6(2)5-11-7(4-9)3-8(10)12/h6-7,11H,3-5,9H2,1-2H3,(H2,10,12). The molecule has 5 N–H and O–H groups in total. The second-order valence-electron chi connectivity index (χ2n) is 3.41. The van der Waals surface area contributed by atoms with Crippen LogP contribution in [0.2, 0.25) is 0 Å². The van der Waals surface area contributed by atoms with Crippen LogP contribution in [0.5, 0.6) is 0 Å². The third-order valence-electron chi connectivity index (χ3n) is 1.55. The summed E-state index contributed by atoms with van der Waals surface area (Å²) >= 11 is 0. The predicted octanol–water partition coefficient (Wildman–Crippen LogP) is -0.565. The van der Waals surface area contributed by atoms with Crippen molar-refractivity contribution in [1.82, 2.24) is 5.32 Å². The van der Waals surface area contributed by atoms with E-state index in [1.807, 2.05) is 0 Å². The SMILES string of the molecule is CC(C)CNC(CN)CC(N)=O. The summed E-state index contributed by atoms with van der Waals surface area (Å²) in [6.45, 7) is 5.53. The normalized spacial score (nSPS) is 13.3. The van der Waals surface area contributed by atoms with E-state index in [1.54, 1.807) is 0 Å². The maximum Gasteiger partial charge on any atom is 0.219 e. The first-order valence-electron chi connectivity index (χ1n) is 4.28. The maximum absolute atomic E-state index is 10.5. The summed E-state index contributed by atoms with van der Waals surface area (Å²) in [5.41, 5.74) is 10.5. The van der Waals surface area contributed by atoms with Crippen molar-refractivity contribution in [2.45, 2.75) is 26.3 Å². The topological polar surface area (TPSA) is 81.1 Å². The first-order chi connectivity index (χ1) is 5.56. The second-order valence-corrected chi connectivity index (χ2v) is 3.41. The highest BCUT2D eigenvalue weighted by atomic mass is 16.1. The molecule has 0 spiro atoms. The van der Waals surface area contributed by atoms with E-state index in [9.17, 15) is 4.79 Å². The van der Waals surface area contributed by atoms with Gasteiger partial charge < -0.3 is 16.8 Å². The van der Waals surface area contributed by atoms with Crippen molar-refractivity contribution >= 4 is 5.91 Å². The van der Waals surface area contributed by atoms with E-state index in [0.29, 0.717) is 18.9 Å². The lowest BCUT2D eigenvalue weighted by Crippen LogP contribution is -2.40. The molecule has 0 aliphatic rings. The zero-order chi connectivity index (χ0) is 9.56. The molecule has 1 amide bonds. The third-order valence-corrected chi connectivity index (χ3v) is 1.55. The van der Waals surface area contributed by atoms with Gasteiger partial charge in [0.15, 0.2) is 0 Å². The lowest BCUT2D eigenvalue weighted by molar-refractivity contribution is -0.118. The molecule has 0 fully saturated rings. The lowest BCUT2D eigenvalue weighted by Gasteiger charge is -2.16. The van der Waals surface area contributed by atoms with Crippen molar-refractivity contribution in [2.75, 3.05) is 13.1 Å². The van der Waals surface area contributed by atoms with E-state index < -0.39 is 0 Å². The van der Waals surface area contributed by atoms with Crippen LogP contribution >= 0.6 is 0 Å². The number of carbonyl (C=O) groups is 1. The van der Waals surface area contributed by atoms with Crippen LogP contribution in [-0.2, 0) is 4.79 Å². The molecular formula is C8H19N3O. The van der Waals surface area contributed by atoms with Gasteiger partial charge in [0.1, 0.15) is 0 Å². The minimum atomic E-state index is -0.304. The van der Waals surface area contributed by atoms with Crippen LogP contribution in [0.15, 0.2) is 0 Å². The number of nitrogens with one attached hydrogen (secondary N) is 1. The number of carbonyl (C=O) groups excluding carboxylic acids is 1. The fourth-order valence-electron chi connectivity index (χ4n) is 0.884. The van der Waals surface area contributed by atoms with Crippen molar-refractivity contribution in [1.29, 1.82) is 0 Å². The average molecular weight is 173 g/mol. The predicted molar refractivity (Wildman–Crippen MR) is 49.5 cm³/mol. The van der Waals surface area contributed by atoms with Crippen molar-refractivity contribution in [3.63, 3.8) is 0 Å². The zero-order valence-corrected chi connectivity index (χ0v) is 7.84. The molecule has 1 atom stereocenters. The Labute approximate surface area is 73.7 Å². The van der Waals surface area contributed by atoms with Gasteiger partial charge in [-0.2, -0.15) is 0 Å². The monoisotopic (exact) mass is 173 g/mol. The van der Waals surface area contributed by atoms with Crippen molar-refractivity contribution < 1.29 is 4.79 Å². The summed E-state index contributed by atoms with van der Waals surface area (Å²) in [6.07, 6.45) is 0.323. The van der Waals surface area contributed by atoms with Gasteiger partial charge in [0.2, 0.25) is 5.91 Å². The molecule has 0 rings (SSSR count). The van der Waals surface area contributed by atoms with Gasteiger partial charge in [-0.1, -0.05) is 13.8 Å². The summed E-state index contributed by atoms with van der Waals surface area (Å²) in [4.78, 5) is 10.5. The Morgan fingerprint density at radius 1 is 1.50 bits per heavy atom. The Balaban J connectivity index is 3.60. The Morgan fingerprint density at radius 2 is 2.08 bits per heavy atom. The smallest absolute Gasteiger partial charge is 0.219 e. The van der Waals surface area contributed by atoms with Crippen LogP contribution in [0.1, 0.15) is 20.3 Å². The summed E-state index contributed by atoms with van der Waals surface area (Å²) in [5.74, 6) is 0.258. The molecule has 0 aromatic carbocycles. The van der Waals surface area contributed by atoms with Gasteiger partial charge in [0, 0.05) is 19.0 Å². The van der Waals surface area contributed by atoms with Crippen molar-refractivity contribution in [3.8, 4) is 0 Å². The van der Waals surface area contributed by atoms with Crippen molar-refractivity contribution in [2.24, 2.45) is 17.4 Å². The Kier molecular flexibility index (Phi) is 5.66. The maximum atomic E-state index is 10.5. The minimum absolute atomic E-state index is 0.0323. The van der Waals surface area contributed by atoms with Gasteiger partial charge in [-0.3, -0.25) is 4.79 Å². The highest BCUT2D eigenvalue weighted by Crippen LogP contribution is 1.92. The Hall–Kier alpha value is -0.610. The molecule has 4 nitrogen and oxygen atoms in total. The molecule has 0 aliphatic carbocycles. The van der Waals surface area contributed by atoms with Crippen LogP contribution < -0.4 is 16.8 Å². The Bertz CT molecular complexity index is 136. The zero-order valence-electron chi connectivity index (χ0n) is 7.84. The number of amides is 1. The van der Waals surface area contributed by atoms with E-state index in [-0.39, 0.29) is 11.9 Å². The number of nitrogens with two attached hydrogens (primary N) is 2. The number of hydrogen-bond donors (Lipinski definition) is 3. The molecule has 1 unspecified atom stereocenters. The molecule has 0 bridgehead atoms. The van der Waals surface area contributed by atoms with Crippen LogP contribution in [-0.4, -0.2) is 25.0 Å². The van der Waals surface area contributed by atoms with Gasteiger partial charge in [-0.05, 0) is 12.5 Å². The van der Waals surface area contributed by atoms with Crippen LogP contribution in [0.4, 0.5) is 0 Å². The second kappa shape index (κ2) is 5.97. The van der Waals surface area contributed by atoms with Crippen LogP contribution in [0.25, 0.3) is 0 Å². The molecule has 0 saturated heterocycles. The molecule has 0 aromatic heterocycles. The largest absolute Gasteiger partial charge is 0.370 e. The van der Waals surface area contributed by atoms with E-state index in [4.69, 9.17) is 11.5 Å². The first kappa shape index (κ1) is 11.4. The quantitative estimate of drug-likeness (QED) is 0.503. The minimum Gasteiger partial charge on any atom is -0.370 e. The summed E-state index contributed by atoms with van der Waals surface area (Å²) < 4.78 is 0. The van der Waals surface area contributed by atoms with E-state index in [2.05, 4.69) is 19.2 Å². The molecule has 0 aromatic rings. The summed E-state index contributed by atoms with van der Waals surface area (Å²) in [5, 5.41) is 3.17. The molecule has 12 heavy (non-hydrogen) atoms. The number of rotatable bonds is 6. The summed E-state index contributed by atoms with van der Waals surface area (Å²) in [7, 11) is 0. The molecule has 0 aliphatic heterocycles. The van der Waals surface area contributed by atoms with Gasteiger partial charge in [-0.15, -0.1) is 0 Å². The van der Waals surface area contributed by atoms with Gasteiger partial charge in [0.25, 0.3) is 0 Å². The molecular weight excluding hydrogens is 154 g/mol. The molecule has 4 heteroatoms. The fraction of sp³-hybridized carbons (Fsp3) is 0.875. The first-order valence-corrected chi connectivity index (χ1v) is 4.28. The third kappa shape index (κ3) is 6.12. The van der Waals surface area contributed by atoms with Crippen LogP contribution in [0, 0.1) is 5.92 Å². The molecule has 72 valence electrons. The number of primary amides is 1. The molecule has 0 saturated carbocycles. The molecule has 0 radical (unpaired) electrons. The Morgan fingerprint density at radius 3 is 2.42 bits per heavy atom. The van der Waals surface area contributed by atoms with Gasteiger partial charge >= 0.3 is 0 Å². The molecule has 0 heterocycles. The fourth-order valence-corrected chi connectivity index (χ4v) is 0.884. The van der Waals surface area contributed by atoms with Gasteiger partial charge in [0.05, 0.1) is 0 Å². The highest BCUT2D eigenvalue weighted by molar-refractivity contribution is 5.74. The van der Waals surface area contributed by atoms with Gasteiger partial charge in [-0.25, -0.2) is 0 Å². The average Bonchev–Trinajstić information content (AvgIpc) is 1.97. The van der Waals surface area contributed by atoms with Crippen molar-refractivity contribution in [3.05, 3.63) is 0 Å². The summed E-state index contributed by atoms with van der Waals surface area (Å²) in [6, 6.07) is 0.0323.